The SMILES string of the molecule is C=CCC(Cc1cccc(F)c1Br)NCC. The highest BCUT2D eigenvalue weighted by Gasteiger charge is 2.11. The van der Waals surface area contributed by atoms with E-state index in [1.807, 2.05) is 12.1 Å². The van der Waals surface area contributed by atoms with Crippen molar-refractivity contribution in [3.05, 3.63) is 46.7 Å². The summed E-state index contributed by atoms with van der Waals surface area (Å²) in [4.78, 5) is 0. The van der Waals surface area contributed by atoms with Crippen molar-refractivity contribution in [3.63, 3.8) is 0 Å². The maximum Gasteiger partial charge on any atom is 0.137 e. The molecule has 1 nitrogen and oxygen atoms in total. The van der Waals surface area contributed by atoms with Crippen LogP contribution in [0.2, 0.25) is 0 Å². The summed E-state index contributed by atoms with van der Waals surface area (Å²) < 4.78 is 13.9. The molecule has 0 saturated heterocycles. The van der Waals surface area contributed by atoms with Gasteiger partial charge in [0.1, 0.15) is 5.82 Å². The monoisotopic (exact) mass is 285 g/mol. The molecule has 0 aromatic heterocycles. The molecule has 1 rings (SSSR count). The quantitative estimate of drug-likeness (QED) is 0.786. The van der Waals surface area contributed by atoms with Crippen molar-refractivity contribution in [3.8, 4) is 0 Å². The fourth-order valence-electron chi connectivity index (χ4n) is 1.70. The van der Waals surface area contributed by atoms with Crippen molar-refractivity contribution in [1.29, 1.82) is 0 Å². The molecular formula is C13H17BrFN. The van der Waals surface area contributed by atoms with Gasteiger partial charge in [0.2, 0.25) is 0 Å². The molecule has 1 aromatic rings. The number of benzene rings is 1. The zero-order chi connectivity index (χ0) is 12.0. The van der Waals surface area contributed by atoms with E-state index in [1.54, 1.807) is 6.07 Å². The third kappa shape index (κ3) is 3.72. The average molecular weight is 286 g/mol. The first-order valence-corrected chi connectivity index (χ1v) is 6.25. The van der Waals surface area contributed by atoms with E-state index in [4.69, 9.17) is 0 Å². The van der Waals surface area contributed by atoms with Crippen molar-refractivity contribution in [2.75, 3.05) is 6.54 Å². The van der Waals surface area contributed by atoms with Crippen LogP contribution in [-0.2, 0) is 6.42 Å². The summed E-state index contributed by atoms with van der Waals surface area (Å²) in [6, 6.07) is 5.47. The largest absolute Gasteiger partial charge is 0.314 e. The summed E-state index contributed by atoms with van der Waals surface area (Å²) in [6.45, 7) is 6.71. The van der Waals surface area contributed by atoms with E-state index in [9.17, 15) is 4.39 Å². The van der Waals surface area contributed by atoms with Crippen LogP contribution >= 0.6 is 15.9 Å². The minimum Gasteiger partial charge on any atom is -0.314 e. The van der Waals surface area contributed by atoms with Gasteiger partial charge in [0, 0.05) is 6.04 Å². The molecule has 0 heterocycles. The standard InChI is InChI=1S/C13H17BrFN/c1-3-6-11(16-4-2)9-10-7-5-8-12(15)13(10)14/h3,5,7-8,11,16H,1,4,6,9H2,2H3. The summed E-state index contributed by atoms with van der Waals surface area (Å²) >= 11 is 3.28. The molecule has 3 heteroatoms. The summed E-state index contributed by atoms with van der Waals surface area (Å²) in [5.74, 6) is -0.202. The minimum absolute atomic E-state index is 0.202. The molecule has 0 aliphatic rings. The van der Waals surface area contributed by atoms with E-state index in [1.165, 1.54) is 6.07 Å². The van der Waals surface area contributed by atoms with Gasteiger partial charge in [0.05, 0.1) is 4.47 Å². The summed E-state index contributed by atoms with van der Waals surface area (Å²) in [7, 11) is 0. The highest BCUT2D eigenvalue weighted by molar-refractivity contribution is 9.10. The first kappa shape index (κ1) is 13.4. The first-order valence-electron chi connectivity index (χ1n) is 5.46. The van der Waals surface area contributed by atoms with Crippen LogP contribution < -0.4 is 5.32 Å². The van der Waals surface area contributed by atoms with E-state index in [0.717, 1.165) is 24.9 Å². The van der Waals surface area contributed by atoms with Crippen LogP contribution in [0.5, 0.6) is 0 Å². The maximum atomic E-state index is 13.3. The summed E-state index contributed by atoms with van der Waals surface area (Å²) in [5, 5.41) is 3.36. The van der Waals surface area contributed by atoms with Gasteiger partial charge in [-0.1, -0.05) is 25.1 Å². The van der Waals surface area contributed by atoms with Crippen molar-refractivity contribution < 1.29 is 4.39 Å². The van der Waals surface area contributed by atoms with Gasteiger partial charge >= 0.3 is 0 Å². The Morgan fingerprint density at radius 3 is 2.94 bits per heavy atom. The van der Waals surface area contributed by atoms with E-state index < -0.39 is 0 Å². The Kier molecular flexibility index (Phi) is 5.71. The highest BCUT2D eigenvalue weighted by atomic mass is 79.9. The number of nitrogens with one attached hydrogen (secondary N) is 1. The van der Waals surface area contributed by atoms with Crippen LogP contribution in [0.3, 0.4) is 0 Å². The first-order chi connectivity index (χ1) is 7.69. The van der Waals surface area contributed by atoms with Crippen LogP contribution in [0.1, 0.15) is 18.9 Å². The molecule has 1 unspecified atom stereocenters. The van der Waals surface area contributed by atoms with Gasteiger partial charge in [-0.2, -0.15) is 0 Å². The predicted molar refractivity (Wildman–Crippen MR) is 70.1 cm³/mol. The predicted octanol–water partition coefficient (Wildman–Crippen LogP) is 3.68. The second kappa shape index (κ2) is 6.81. The molecule has 0 spiro atoms. The zero-order valence-electron chi connectivity index (χ0n) is 9.47. The maximum absolute atomic E-state index is 13.3. The van der Waals surface area contributed by atoms with Crippen LogP contribution in [0.15, 0.2) is 35.3 Å². The Morgan fingerprint density at radius 2 is 2.31 bits per heavy atom. The smallest absolute Gasteiger partial charge is 0.137 e. The second-order valence-electron chi connectivity index (χ2n) is 3.70. The molecule has 1 aromatic carbocycles. The molecule has 0 bridgehead atoms. The lowest BCUT2D eigenvalue weighted by Crippen LogP contribution is -2.30. The lowest BCUT2D eigenvalue weighted by Gasteiger charge is -2.17. The molecule has 0 aliphatic carbocycles. The molecule has 0 aliphatic heterocycles. The Balaban J connectivity index is 2.76. The van der Waals surface area contributed by atoms with Gasteiger partial charge in [0.15, 0.2) is 0 Å². The molecular weight excluding hydrogens is 269 g/mol. The Bertz CT molecular complexity index is 352. The number of likely N-dealkylation sites (N-methyl/N-ethyl adjacent to an activating group) is 1. The summed E-state index contributed by atoms with van der Waals surface area (Å²) in [5.41, 5.74) is 0.993. The molecule has 16 heavy (non-hydrogen) atoms. The van der Waals surface area contributed by atoms with Gasteiger partial charge in [-0.15, -0.1) is 6.58 Å². The average Bonchev–Trinajstić information content (AvgIpc) is 2.25. The third-order valence-corrected chi connectivity index (χ3v) is 3.33. The van der Waals surface area contributed by atoms with Gasteiger partial charge < -0.3 is 5.32 Å². The van der Waals surface area contributed by atoms with Crippen LogP contribution in [0.25, 0.3) is 0 Å². The fourth-order valence-corrected chi connectivity index (χ4v) is 2.13. The molecule has 0 radical (unpaired) electrons. The molecule has 1 N–H and O–H groups in total. The molecule has 0 saturated carbocycles. The normalized spacial score (nSPS) is 12.4. The number of hydrogen-bond donors (Lipinski definition) is 1. The highest BCUT2D eigenvalue weighted by Crippen LogP contribution is 2.22. The Labute approximate surface area is 105 Å². The van der Waals surface area contributed by atoms with Crippen molar-refractivity contribution in [2.24, 2.45) is 0 Å². The topological polar surface area (TPSA) is 12.0 Å². The van der Waals surface area contributed by atoms with Crippen molar-refractivity contribution in [1.82, 2.24) is 5.32 Å². The van der Waals surface area contributed by atoms with E-state index in [2.05, 4.69) is 34.7 Å². The molecule has 0 amide bonds. The molecule has 88 valence electrons. The van der Waals surface area contributed by atoms with E-state index >= 15 is 0 Å². The molecule has 1 atom stereocenters. The number of hydrogen-bond acceptors (Lipinski definition) is 1. The van der Waals surface area contributed by atoms with Gasteiger partial charge in [-0.25, -0.2) is 4.39 Å². The third-order valence-electron chi connectivity index (χ3n) is 2.44. The summed E-state index contributed by atoms with van der Waals surface area (Å²) in [6.07, 6.45) is 3.58. The fraction of sp³-hybridized carbons (Fsp3) is 0.385. The number of halogens is 2. The van der Waals surface area contributed by atoms with Crippen LogP contribution in [0.4, 0.5) is 4.39 Å². The van der Waals surface area contributed by atoms with Crippen LogP contribution in [-0.4, -0.2) is 12.6 Å². The Hall–Kier alpha value is -0.670. The number of rotatable bonds is 6. The van der Waals surface area contributed by atoms with E-state index in [0.29, 0.717) is 10.5 Å². The van der Waals surface area contributed by atoms with Gasteiger partial charge in [-0.05, 0) is 46.9 Å². The zero-order valence-corrected chi connectivity index (χ0v) is 11.1. The molecule has 0 fully saturated rings. The van der Waals surface area contributed by atoms with E-state index in [-0.39, 0.29) is 5.82 Å². The lowest BCUT2D eigenvalue weighted by atomic mass is 10.0. The van der Waals surface area contributed by atoms with Crippen molar-refractivity contribution >= 4 is 15.9 Å². The minimum atomic E-state index is -0.202. The lowest BCUT2D eigenvalue weighted by molar-refractivity contribution is 0.526. The van der Waals surface area contributed by atoms with Crippen molar-refractivity contribution in [2.45, 2.75) is 25.8 Å². The Morgan fingerprint density at radius 1 is 1.56 bits per heavy atom. The van der Waals surface area contributed by atoms with Gasteiger partial charge in [-0.3, -0.25) is 0 Å². The second-order valence-corrected chi connectivity index (χ2v) is 4.49. The van der Waals surface area contributed by atoms with Crippen LogP contribution in [0, 0.1) is 5.82 Å². The van der Waals surface area contributed by atoms with Gasteiger partial charge in [0.25, 0.3) is 0 Å².